The molecule has 0 aromatic heterocycles. The van der Waals surface area contributed by atoms with Gasteiger partial charge < -0.3 is 9.47 Å². The molecule has 1 aromatic rings. The molecule has 0 bridgehead atoms. The summed E-state index contributed by atoms with van der Waals surface area (Å²) in [5.41, 5.74) is 1.03. The zero-order chi connectivity index (χ0) is 9.68. The van der Waals surface area contributed by atoms with Crippen LogP contribution < -0.4 is 9.47 Å². The molecule has 1 rings (SSSR count). The normalized spacial score (nSPS) is 9.00. The van der Waals surface area contributed by atoms with Gasteiger partial charge in [-0.05, 0) is 17.7 Å². The highest BCUT2D eigenvalue weighted by Gasteiger charge is 1.99. The van der Waals surface area contributed by atoms with Crippen molar-refractivity contribution in [2.24, 2.45) is 0 Å². The van der Waals surface area contributed by atoms with E-state index in [0.29, 0.717) is 6.42 Å². The minimum atomic E-state index is 0.591. The lowest BCUT2D eigenvalue weighted by atomic mass is 10.1. The van der Waals surface area contributed by atoms with Gasteiger partial charge in [-0.2, -0.15) is 0 Å². The molecule has 68 valence electrons. The zero-order valence-electron chi connectivity index (χ0n) is 7.83. The average Bonchev–Trinajstić information content (AvgIpc) is 2.17. The Morgan fingerprint density at radius 3 is 2.08 bits per heavy atom. The summed E-state index contributed by atoms with van der Waals surface area (Å²) in [6.07, 6.45) is 5.80. The number of methoxy groups -OCH3 is 2. The van der Waals surface area contributed by atoms with Gasteiger partial charge in [-0.25, -0.2) is 0 Å². The lowest BCUT2D eigenvalue weighted by Crippen LogP contribution is -1.90. The van der Waals surface area contributed by atoms with Gasteiger partial charge in [-0.1, -0.05) is 0 Å². The molecule has 1 aromatic carbocycles. The maximum atomic E-state index is 5.21. The Morgan fingerprint density at radius 2 is 1.69 bits per heavy atom. The Hall–Kier alpha value is -1.62. The lowest BCUT2D eigenvalue weighted by molar-refractivity contribution is 0.393. The van der Waals surface area contributed by atoms with Crippen LogP contribution in [-0.4, -0.2) is 14.2 Å². The second kappa shape index (κ2) is 4.42. The Labute approximate surface area is 78.5 Å². The Kier molecular flexibility index (Phi) is 3.22. The topological polar surface area (TPSA) is 18.5 Å². The molecule has 0 atom stereocenters. The molecule has 0 unspecified atom stereocenters. The van der Waals surface area contributed by atoms with Crippen LogP contribution in [0.3, 0.4) is 0 Å². The third kappa shape index (κ3) is 2.41. The number of hydrogen-bond acceptors (Lipinski definition) is 2. The second-order valence-corrected chi connectivity index (χ2v) is 2.60. The summed E-state index contributed by atoms with van der Waals surface area (Å²) >= 11 is 0. The largest absolute Gasteiger partial charge is 0.497 e. The molecule has 0 saturated heterocycles. The summed E-state index contributed by atoms with van der Waals surface area (Å²) in [6, 6.07) is 5.63. The average molecular weight is 176 g/mol. The predicted molar refractivity (Wildman–Crippen MR) is 52.1 cm³/mol. The molecule has 2 heteroatoms. The minimum Gasteiger partial charge on any atom is -0.497 e. The van der Waals surface area contributed by atoms with Crippen molar-refractivity contribution in [2.75, 3.05) is 14.2 Å². The summed E-state index contributed by atoms with van der Waals surface area (Å²) in [5, 5.41) is 0. The monoisotopic (exact) mass is 176 g/mol. The van der Waals surface area contributed by atoms with Gasteiger partial charge in [0.15, 0.2) is 0 Å². The summed E-state index contributed by atoms with van der Waals surface area (Å²) in [7, 11) is 3.24. The van der Waals surface area contributed by atoms with Crippen molar-refractivity contribution in [1.29, 1.82) is 0 Å². The number of benzene rings is 1. The van der Waals surface area contributed by atoms with Crippen LogP contribution in [0.25, 0.3) is 0 Å². The van der Waals surface area contributed by atoms with Gasteiger partial charge in [0.2, 0.25) is 0 Å². The Morgan fingerprint density at radius 1 is 1.15 bits per heavy atom. The van der Waals surface area contributed by atoms with E-state index in [4.69, 9.17) is 15.9 Å². The maximum Gasteiger partial charge on any atom is 0.122 e. The molecule has 0 heterocycles. The molecule has 0 radical (unpaired) electrons. The summed E-state index contributed by atoms with van der Waals surface area (Å²) < 4.78 is 10.2. The standard InChI is InChI=1S/C11H12O2/c1-4-5-9-6-10(12-2)8-11(7-9)13-3/h1,6-8H,5H2,2-3H3. The van der Waals surface area contributed by atoms with Crippen LogP contribution in [0, 0.1) is 12.3 Å². The molecule has 0 amide bonds. The highest BCUT2D eigenvalue weighted by Crippen LogP contribution is 2.22. The van der Waals surface area contributed by atoms with E-state index >= 15 is 0 Å². The molecule has 0 aliphatic rings. The van der Waals surface area contributed by atoms with Crippen LogP contribution in [0.1, 0.15) is 5.56 Å². The van der Waals surface area contributed by atoms with E-state index in [-0.39, 0.29) is 0 Å². The summed E-state index contributed by atoms with van der Waals surface area (Å²) in [4.78, 5) is 0. The summed E-state index contributed by atoms with van der Waals surface area (Å²) in [5.74, 6) is 4.11. The molecular weight excluding hydrogens is 164 g/mol. The minimum absolute atomic E-state index is 0.591. The highest BCUT2D eigenvalue weighted by molar-refractivity contribution is 5.39. The van der Waals surface area contributed by atoms with Crippen molar-refractivity contribution in [3.8, 4) is 23.8 Å². The van der Waals surface area contributed by atoms with Crippen molar-refractivity contribution in [3.05, 3.63) is 23.8 Å². The van der Waals surface area contributed by atoms with Crippen LogP contribution in [-0.2, 0) is 6.42 Å². The zero-order valence-corrected chi connectivity index (χ0v) is 7.83. The fraction of sp³-hybridized carbons (Fsp3) is 0.273. The Balaban J connectivity index is 3.01. The number of terminal acetylenes is 1. The SMILES string of the molecule is C#CCc1cc(OC)cc(OC)c1. The van der Waals surface area contributed by atoms with E-state index in [2.05, 4.69) is 5.92 Å². The molecule has 0 aliphatic carbocycles. The highest BCUT2D eigenvalue weighted by atomic mass is 16.5. The lowest BCUT2D eigenvalue weighted by Gasteiger charge is -2.06. The first-order valence-electron chi connectivity index (χ1n) is 3.95. The predicted octanol–water partition coefficient (Wildman–Crippen LogP) is 1.88. The van der Waals surface area contributed by atoms with Crippen LogP contribution in [0.4, 0.5) is 0 Å². The van der Waals surface area contributed by atoms with E-state index in [1.807, 2.05) is 18.2 Å². The fourth-order valence-corrected chi connectivity index (χ4v) is 1.09. The molecule has 2 nitrogen and oxygen atoms in total. The van der Waals surface area contributed by atoms with E-state index in [9.17, 15) is 0 Å². The van der Waals surface area contributed by atoms with Gasteiger partial charge in [0.05, 0.1) is 14.2 Å². The first kappa shape index (κ1) is 9.47. The third-order valence-corrected chi connectivity index (χ3v) is 1.72. The van der Waals surface area contributed by atoms with Crippen molar-refractivity contribution in [2.45, 2.75) is 6.42 Å². The van der Waals surface area contributed by atoms with Crippen LogP contribution in [0.5, 0.6) is 11.5 Å². The van der Waals surface area contributed by atoms with Gasteiger partial charge in [0, 0.05) is 12.5 Å². The van der Waals surface area contributed by atoms with E-state index < -0.39 is 0 Å². The number of ether oxygens (including phenoxy) is 2. The van der Waals surface area contributed by atoms with E-state index in [0.717, 1.165) is 17.1 Å². The van der Waals surface area contributed by atoms with Crippen LogP contribution in [0.15, 0.2) is 18.2 Å². The second-order valence-electron chi connectivity index (χ2n) is 2.60. The maximum absolute atomic E-state index is 5.21. The third-order valence-electron chi connectivity index (χ3n) is 1.72. The molecule has 0 aliphatic heterocycles. The van der Waals surface area contributed by atoms with Crippen LogP contribution >= 0.6 is 0 Å². The summed E-state index contributed by atoms with van der Waals surface area (Å²) in [6.45, 7) is 0. The van der Waals surface area contributed by atoms with Crippen molar-refractivity contribution in [3.63, 3.8) is 0 Å². The molecule has 13 heavy (non-hydrogen) atoms. The first-order chi connectivity index (χ1) is 6.30. The van der Waals surface area contributed by atoms with Crippen molar-refractivity contribution >= 4 is 0 Å². The van der Waals surface area contributed by atoms with Crippen molar-refractivity contribution in [1.82, 2.24) is 0 Å². The van der Waals surface area contributed by atoms with Gasteiger partial charge in [0.25, 0.3) is 0 Å². The molecule has 0 fully saturated rings. The molecular formula is C11H12O2. The molecule has 0 N–H and O–H groups in total. The van der Waals surface area contributed by atoms with E-state index in [1.165, 1.54) is 0 Å². The van der Waals surface area contributed by atoms with E-state index in [1.54, 1.807) is 14.2 Å². The fourth-order valence-electron chi connectivity index (χ4n) is 1.09. The number of hydrogen-bond donors (Lipinski definition) is 0. The quantitative estimate of drug-likeness (QED) is 0.655. The molecule has 0 spiro atoms. The smallest absolute Gasteiger partial charge is 0.122 e. The molecule has 0 saturated carbocycles. The number of rotatable bonds is 3. The van der Waals surface area contributed by atoms with Crippen molar-refractivity contribution < 1.29 is 9.47 Å². The first-order valence-corrected chi connectivity index (χ1v) is 3.95. The van der Waals surface area contributed by atoms with Crippen LogP contribution in [0.2, 0.25) is 0 Å². The van der Waals surface area contributed by atoms with Gasteiger partial charge >= 0.3 is 0 Å². The Bertz CT molecular complexity index is 301. The van der Waals surface area contributed by atoms with Gasteiger partial charge in [-0.15, -0.1) is 12.3 Å². The van der Waals surface area contributed by atoms with Gasteiger partial charge in [0.1, 0.15) is 11.5 Å². The van der Waals surface area contributed by atoms with Gasteiger partial charge in [-0.3, -0.25) is 0 Å².